The molecule has 11 heavy (non-hydrogen) atoms. The van der Waals surface area contributed by atoms with Crippen molar-refractivity contribution in [2.24, 2.45) is 0 Å². The Kier molecular flexibility index (Phi) is 2.14. The van der Waals surface area contributed by atoms with Gasteiger partial charge < -0.3 is 15.6 Å². The monoisotopic (exact) mass is 214 g/mol. The highest BCUT2D eigenvalue weighted by molar-refractivity contribution is 9.10. The smallest absolute Gasteiger partial charge is 0.0727 e. The lowest BCUT2D eigenvalue weighted by Gasteiger charge is -2.05. The lowest BCUT2D eigenvalue weighted by molar-refractivity contribution is -0.255. The van der Waals surface area contributed by atoms with Crippen molar-refractivity contribution in [3.05, 3.63) is 28.2 Å². The zero-order chi connectivity index (χ0) is 8.43. The normalized spacial score (nSPS) is 9.55. The van der Waals surface area contributed by atoms with Crippen LogP contribution in [-0.2, 0) is 0 Å². The largest absolute Gasteiger partial charge is 0.545 e. The first-order valence-electron chi connectivity index (χ1n) is 2.87. The minimum Gasteiger partial charge on any atom is -0.545 e. The summed E-state index contributed by atoms with van der Waals surface area (Å²) >= 11 is 3.05. The minimum atomic E-state index is -1.23. The number of carbonyl (C=O) groups is 1. The second-order valence-corrected chi connectivity index (χ2v) is 2.88. The van der Waals surface area contributed by atoms with Gasteiger partial charge in [0.2, 0.25) is 0 Å². The van der Waals surface area contributed by atoms with Gasteiger partial charge in [0.15, 0.2) is 0 Å². The topological polar surface area (TPSA) is 66.2 Å². The molecule has 1 aromatic carbocycles. The molecule has 1 rings (SSSR count). The van der Waals surface area contributed by atoms with Crippen LogP contribution in [0.2, 0.25) is 0 Å². The molecule has 0 aliphatic carbocycles. The Bertz CT molecular complexity index is 298. The van der Waals surface area contributed by atoms with Crippen LogP contribution in [0.5, 0.6) is 0 Å². The van der Waals surface area contributed by atoms with Crippen LogP contribution in [0.4, 0.5) is 5.69 Å². The second kappa shape index (κ2) is 2.92. The first kappa shape index (κ1) is 8.07. The summed E-state index contributed by atoms with van der Waals surface area (Å²) in [6.45, 7) is 0. The van der Waals surface area contributed by atoms with Crippen molar-refractivity contribution >= 4 is 27.6 Å². The maximum absolute atomic E-state index is 10.4. The fourth-order valence-corrected chi connectivity index (χ4v) is 1.11. The van der Waals surface area contributed by atoms with E-state index in [4.69, 9.17) is 5.73 Å². The fraction of sp³-hybridized carbons (Fsp3) is 0. The third kappa shape index (κ3) is 1.71. The Morgan fingerprint density at radius 1 is 1.55 bits per heavy atom. The molecule has 4 heteroatoms. The maximum Gasteiger partial charge on any atom is 0.0727 e. The molecule has 0 unspecified atom stereocenters. The predicted molar refractivity (Wildman–Crippen MR) is 42.9 cm³/mol. The molecule has 0 saturated carbocycles. The van der Waals surface area contributed by atoms with Gasteiger partial charge in [-0.05, 0) is 18.2 Å². The van der Waals surface area contributed by atoms with E-state index in [2.05, 4.69) is 15.9 Å². The van der Waals surface area contributed by atoms with Gasteiger partial charge in [0.1, 0.15) is 0 Å². The molecule has 0 bridgehead atoms. The van der Waals surface area contributed by atoms with Crippen molar-refractivity contribution in [3.8, 4) is 0 Å². The number of benzene rings is 1. The number of hydrogen-bond acceptors (Lipinski definition) is 3. The molecule has 0 aliphatic heterocycles. The van der Waals surface area contributed by atoms with Crippen LogP contribution in [-0.4, -0.2) is 5.97 Å². The van der Waals surface area contributed by atoms with E-state index in [-0.39, 0.29) is 5.56 Å². The molecular formula is C7H5BrNO2-. The fourth-order valence-electron chi connectivity index (χ4n) is 0.699. The molecule has 2 N–H and O–H groups in total. The summed E-state index contributed by atoms with van der Waals surface area (Å²) in [6, 6.07) is 4.52. The van der Waals surface area contributed by atoms with E-state index in [0.29, 0.717) is 10.2 Å². The zero-order valence-corrected chi connectivity index (χ0v) is 7.09. The number of rotatable bonds is 1. The van der Waals surface area contributed by atoms with Crippen LogP contribution in [0.25, 0.3) is 0 Å². The van der Waals surface area contributed by atoms with Gasteiger partial charge in [0.25, 0.3) is 0 Å². The Morgan fingerprint density at radius 2 is 2.18 bits per heavy atom. The van der Waals surface area contributed by atoms with E-state index in [1.54, 1.807) is 12.1 Å². The highest BCUT2D eigenvalue weighted by atomic mass is 79.9. The molecule has 0 radical (unpaired) electrons. The van der Waals surface area contributed by atoms with Crippen LogP contribution in [0.3, 0.4) is 0 Å². The summed E-state index contributed by atoms with van der Waals surface area (Å²) in [7, 11) is 0. The lowest BCUT2D eigenvalue weighted by Crippen LogP contribution is -2.22. The molecule has 1 aromatic rings. The van der Waals surface area contributed by atoms with Gasteiger partial charge in [-0.15, -0.1) is 0 Å². The maximum atomic E-state index is 10.4. The van der Waals surface area contributed by atoms with E-state index in [1.807, 2.05) is 0 Å². The quantitative estimate of drug-likeness (QED) is 0.689. The summed E-state index contributed by atoms with van der Waals surface area (Å²) in [6.07, 6.45) is 0. The van der Waals surface area contributed by atoms with Gasteiger partial charge in [0, 0.05) is 15.7 Å². The third-order valence-electron chi connectivity index (χ3n) is 1.21. The first-order chi connectivity index (χ1) is 5.11. The van der Waals surface area contributed by atoms with Crippen molar-refractivity contribution < 1.29 is 9.90 Å². The van der Waals surface area contributed by atoms with Crippen molar-refractivity contribution in [2.75, 3.05) is 5.73 Å². The molecule has 0 heterocycles. The highest BCUT2D eigenvalue weighted by Gasteiger charge is 1.99. The van der Waals surface area contributed by atoms with Crippen LogP contribution in [0, 0.1) is 0 Å². The summed E-state index contributed by atoms with van der Waals surface area (Å²) in [5.74, 6) is -1.23. The van der Waals surface area contributed by atoms with Gasteiger partial charge in [-0.25, -0.2) is 0 Å². The number of aromatic carboxylic acids is 1. The minimum absolute atomic E-state index is 0.0741. The molecule has 0 atom stereocenters. The highest BCUT2D eigenvalue weighted by Crippen LogP contribution is 2.18. The Labute approximate surface area is 72.0 Å². The van der Waals surface area contributed by atoms with Gasteiger partial charge in [0.05, 0.1) is 5.97 Å². The summed E-state index contributed by atoms with van der Waals surface area (Å²) < 4.78 is 0.478. The molecule has 0 aromatic heterocycles. The molecule has 0 fully saturated rings. The average molecular weight is 215 g/mol. The number of carboxylic acid groups (broad SMARTS) is 1. The molecule has 3 nitrogen and oxygen atoms in total. The van der Waals surface area contributed by atoms with E-state index in [9.17, 15) is 9.90 Å². The third-order valence-corrected chi connectivity index (χ3v) is 1.90. The van der Waals surface area contributed by atoms with Crippen molar-refractivity contribution in [1.29, 1.82) is 0 Å². The Morgan fingerprint density at radius 3 is 2.64 bits per heavy atom. The number of nitrogen functional groups attached to an aromatic ring is 1. The van der Waals surface area contributed by atoms with E-state index in [1.165, 1.54) is 6.07 Å². The Hall–Kier alpha value is -1.03. The SMILES string of the molecule is Nc1ccc(Br)c(C(=O)[O-])c1. The van der Waals surface area contributed by atoms with Gasteiger partial charge in [-0.2, -0.15) is 0 Å². The molecule has 0 saturated heterocycles. The van der Waals surface area contributed by atoms with Crippen molar-refractivity contribution in [3.63, 3.8) is 0 Å². The number of anilines is 1. The summed E-state index contributed by atoms with van der Waals surface area (Å²) in [5.41, 5.74) is 5.84. The number of carboxylic acids is 1. The molecule has 0 amide bonds. The second-order valence-electron chi connectivity index (χ2n) is 2.03. The molecule has 0 spiro atoms. The lowest BCUT2D eigenvalue weighted by atomic mass is 10.2. The average Bonchev–Trinajstić information content (AvgIpc) is 1.94. The first-order valence-corrected chi connectivity index (χ1v) is 3.67. The summed E-state index contributed by atoms with van der Waals surface area (Å²) in [4.78, 5) is 10.4. The van der Waals surface area contributed by atoms with E-state index >= 15 is 0 Å². The van der Waals surface area contributed by atoms with Gasteiger partial charge in [-0.1, -0.05) is 15.9 Å². The predicted octanol–water partition coefficient (Wildman–Crippen LogP) is 0.395. The van der Waals surface area contributed by atoms with Crippen molar-refractivity contribution in [2.45, 2.75) is 0 Å². The van der Waals surface area contributed by atoms with E-state index < -0.39 is 5.97 Å². The standard InChI is InChI=1S/C7H6BrNO2/c8-6-2-1-4(9)3-5(6)7(10)11/h1-3H,9H2,(H,10,11)/p-1. The van der Waals surface area contributed by atoms with Gasteiger partial charge in [-0.3, -0.25) is 0 Å². The number of halogens is 1. The number of nitrogens with two attached hydrogens (primary N) is 1. The van der Waals surface area contributed by atoms with Crippen LogP contribution < -0.4 is 10.8 Å². The molecule has 0 aliphatic rings. The molecular weight excluding hydrogens is 210 g/mol. The number of hydrogen-bond donors (Lipinski definition) is 1. The van der Waals surface area contributed by atoms with E-state index in [0.717, 1.165) is 0 Å². The van der Waals surface area contributed by atoms with Crippen LogP contribution in [0.1, 0.15) is 10.4 Å². The van der Waals surface area contributed by atoms with Crippen LogP contribution >= 0.6 is 15.9 Å². The molecule has 58 valence electrons. The van der Waals surface area contributed by atoms with Gasteiger partial charge >= 0.3 is 0 Å². The summed E-state index contributed by atoms with van der Waals surface area (Å²) in [5, 5.41) is 10.4. The Balaban J connectivity index is 3.23. The zero-order valence-electron chi connectivity index (χ0n) is 5.50. The number of carbonyl (C=O) groups excluding carboxylic acids is 1. The van der Waals surface area contributed by atoms with Crippen molar-refractivity contribution in [1.82, 2.24) is 0 Å². The van der Waals surface area contributed by atoms with Crippen LogP contribution in [0.15, 0.2) is 22.7 Å².